The maximum absolute atomic E-state index is 11.8. The van der Waals surface area contributed by atoms with Crippen LogP contribution in [0.3, 0.4) is 0 Å². The lowest BCUT2D eigenvalue weighted by Gasteiger charge is -2.47. The monoisotopic (exact) mass is 272 g/mol. The van der Waals surface area contributed by atoms with Crippen molar-refractivity contribution in [3.8, 4) is 0 Å². The number of nitrogens with one attached hydrogen (secondary N) is 1. The van der Waals surface area contributed by atoms with E-state index in [1.54, 1.807) is 0 Å². The van der Waals surface area contributed by atoms with E-state index >= 15 is 0 Å². The molecule has 0 saturated carbocycles. The third-order valence-electron chi connectivity index (χ3n) is 4.25. The first-order valence-electron chi connectivity index (χ1n) is 7.31. The van der Waals surface area contributed by atoms with Crippen molar-refractivity contribution in [2.75, 3.05) is 10.2 Å². The predicted octanol–water partition coefficient (Wildman–Crippen LogP) is 2.74. The molecule has 2 fully saturated rings. The lowest BCUT2D eigenvalue weighted by atomic mass is 9.83. The number of hydrogen-bond donors (Lipinski definition) is 1. The number of ketones is 1. The Bertz CT molecular complexity index is 525. The topological polar surface area (TPSA) is 49.4 Å². The molecule has 1 amide bonds. The highest BCUT2D eigenvalue weighted by molar-refractivity contribution is 5.89. The van der Waals surface area contributed by atoms with Crippen molar-refractivity contribution >= 4 is 23.1 Å². The van der Waals surface area contributed by atoms with Crippen LogP contribution in [0.25, 0.3) is 0 Å². The Hall–Kier alpha value is -1.84. The van der Waals surface area contributed by atoms with E-state index in [-0.39, 0.29) is 5.91 Å². The summed E-state index contributed by atoms with van der Waals surface area (Å²) in [4.78, 5) is 25.4. The van der Waals surface area contributed by atoms with Gasteiger partial charge in [0.05, 0.1) is 0 Å². The smallest absolute Gasteiger partial charge is 0.221 e. The van der Waals surface area contributed by atoms with E-state index in [1.165, 1.54) is 13.3 Å². The minimum atomic E-state index is -0.0591. The molecule has 2 aliphatic heterocycles. The van der Waals surface area contributed by atoms with Crippen molar-refractivity contribution < 1.29 is 9.59 Å². The van der Waals surface area contributed by atoms with Crippen LogP contribution in [0, 0.1) is 0 Å². The first-order valence-corrected chi connectivity index (χ1v) is 7.31. The molecular formula is C16H20N2O2. The normalized spacial score (nSPS) is 25.4. The molecule has 2 saturated heterocycles. The van der Waals surface area contributed by atoms with E-state index in [4.69, 9.17) is 0 Å². The number of nitrogens with zero attached hydrogens (tertiary/aromatic N) is 1. The summed E-state index contributed by atoms with van der Waals surface area (Å²) in [7, 11) is 0. The Morgan fingerprint density at radius 2 is 1.95 bits per heavy atom. The van der Waals surface area contributed by atoms with Crippen LogP contribution in [0.2, 0.25) is 0 Å². The molecule has 2 bridgehead atoms. The summed E-state index contributed by atoms with van der Waals surface area (Å²) >= 11 is 0. The van der Waals surface area contributed by atoms with Gasteiger partial charge in [0.2, 0.25) is 5.91 Å². The number of fused-ring (bicyclic) bond motifs is 2. The Balaban J connectivity index is 1.88. The second-order valence-corrected chi connectivity index (χ2v) is 5.82. The van der Waals surface area contributed by atoms with E-state index in [9.17, 15) is 9.59 Å². The number of carbonyl (C=O) groups is 2. The van der Waals surface area contributed by atoms with Gasteiger partial charge in [0.1, 0.15) is 5.78 Å². The van der Waals surface area contributed by atoms with Crippen molar-refractivity contribution in [1.29, 1.82) is 0 Å². The van der Waals surface area contributed by atoms with Crippen LogP contribution in [0.5, 0.6) is 0 Å². The third kappa shape index (κ3) is 2.55. The molecule has 2 unspecified atom stereocenters. The molecule has 4 heteroatoms. The van der Waals surface area contributed by atoms with Crippen molar-refractivity contribution in [3.05, 3.63) is 24.3 Å². The molecule has 0 aromatic heterocycles. The maximum atomic E-state index is 11.8. The molecule has 2 aliphatic rings. The summed E-state index contributed by atoms with van der Waals surface area (Å²) in [5.74, 6) is 0.338. The number of piperidine rings is 2. The quantitative estimate of drug-likeness (QED) is 0.900. The predicted molar refractivity (Wildman–Crippen MR) is 78.9 cm³/mol. The van der Waals surface area contributed by atoms with Gasteiger partial charge in [-0.05, 0) is 37.5 Å². The van der Waals surface area contributed by atoms with Gasteiger partial charge in [0.15, 0.2) is 0 Å². The maximum Gasteiger partial charge on any atom is 0.221 e. The zero-order valence-corrected chi connectivity index (χ0v) is 11.8. The molecule has 106 valence electrons. The number of rotatable bonds is 2. The van der Waals surface area contributed by atoms with Gasteiger partial charge in [0.25, 0.3) is 0 Å². The second kappa shape index (κ2) is 5.27. The van der Waals surface area contributed by atoms with Crippen LogP contribution >= 0.6 is 0 Å². The van der Waals surface area contributed by atoms with Gasteiger partial charge < -0.3 is 10.2 Å². The molecular weight excluding hydrogens is 252 g/mol. The van der Waals surface area contributed by atoms with E-state index < -0.39 is 0 Å². The average molecular weight is 272 g/mol. The van der Waals surface area contributed by atoms with Crippen LogP contribution in [-0.2, 0) is 9.59 Å². The number of amides is 1. The fraction of sp³-hybridized carbons (Fsp3) is 0.500. The zero-order valence-electron chi connectivity index (χ0n) is 11.8. The molecule has 0 aliphatic carbocycles. The van der Waals surface area contributed by atoms with Gasteiger partial charge in [-0.15, -0.1) is 0 Å². The van der Waals surface area contributed by atoms with Crippen molar-refractivity contribution in [2.24, 2.45) is 0 Å². The van der Waals surface area contributed by atoms with Crippen LogP contribution in [0.15, 0.2) is 24.3 Å². The molecule has 1 aromatic carbocycles. The van der Waals surface area contributed by atoms with Crippen LogP contribution < -0.4 is 10.2 Å². The van der Waals surface area contributed by atoms with Gasteiger partial charge in [-0.3, -0.25) is 9.59 Å². The highest BCUT2D eigenvalue weighted by atomic mass is 16.1. The number of Topliss-reactive ketones (excluding diaryl/α,β-unsaturated/α-hetero) is 1. The number of benzene rings is 1. The van der Waals surface area contributed by atoms with E-state index in [0.29, 0.717) is 30.7 Å². The summed E-state index contributed by atoms with van der Waals surface area (Å²) in [6, 6.07) is 8.63. The fourth-order valence-electron chi connectivity index (χ4n) is 3.54. The molecule has 2 atom stereocenters. The first-order chi connectivity index (χ1) is 9.63. The number of hydrogen-bond acceptors (Lipinski definition) is 3. The van der Waals surface area contributed by atoms with Gasteiger partial charge in [-0.1, -0.05) is 6.07 Å². The third-order valence-corrected chi connectivity index (χ3v) is 4.25. The molecule has 1 aromatic rings. The van der Waals surface area contributed by atoms with E-state index in [1.807, 2.05) is 18.2 Å². The molecule has 4 nitrogen and oxygen atoms in total. The summed E-state index contributed by atoms with van der Waals surface area (Å²) in [6.07, 6.45) is 4.73. The Kier molecular flexibility index (Phi) is 3.47. The molecule has 1 N–H and O–H groups in total. The Labute approximate surface area is 119 Å². The van der Waals surface area contributed by atoms with Crippen molar-refractivity contribution in [2.45, 2.75) is 51.1 Å². The number of carbonyl (C=O) groups excluding carboxylic acids is 2. The molecule has 2 heterocycles. The second-order valence-electron chi connectivity index (χ2n) is 5.82. The Morgan fingerprint density at radius 1 is 1.25 bits per heavy atom. The largest absolute Gasteiger partial charge is 0.365 e. The zero-order chi connectivity index (χ0) is 14.1. The molecule has 20 heavy (non-hydrogen) atoms. The lowest BCUT2D eigenvalue weighted by molar-refractivity contribution is -0.121. The van der Waals surface area contributed by atoms with Gasteiger partial charge >= 0.3 is 0 Å². The lowest BCUT2D eigenvalue weighted by Crippen LogP contribution is -2.52. The highest BCUT2D eigenvalue weighted by Gasteiger charge is 2.37. The van der Waals surface area contributed by atoms with Crippen LogP contribution in [-0.4, -0.2) is 23.8 Å². The molecule has 0 radical (unpaired) electrons. The van der Waals surface area contributed by atoms with Gasteiger partial charge in [0, 0.05) is 43.2 Å². The number of anilines is 2. The van der Waals surface area contributed by atoms with E-state index in [2.05, 4.69) is 16.3 Å². The molecule has 0 spiro atoms. The molecule has 3 rings (SSSR count). The highest BCUT2D eigenvalue weighted by Crippen LogP contribution is 2.37. The average Bonchev–Trinajstić information content (AvgIpc) is 2.37. The summed E-state index contributed by atoms with van der Waals surface area (Å²) < 4.78 is 0. The Morgan fingerprint density at radius 3 is 2.60 bits per heavy atom. The minimum Gasteiger partial charge on any atom is -0.365 e. The van der Waals surface area contributed by atoms with Crippen molar-refractivity contribution in [3.63, 3.8) is 0 Å². The summed E-state index contributed by atoms with van der Waals surface area (Å²) in [5, 5.41) is 2.83. The summed E-state index contributed by atoms with van der Waals surface area (Å²) in [6.45, 7) is 1.51. The SMILES string of the molecule is CC(=O)Nc1cccc(N2C3CCCC2CC(=O)C3)c1. The first kappa shape index (κ1) is 13.2. The van der Waals surface area contributed by atoms with Crippen LogP contribution in [0.4, 0.5) is 11.4 Å². The van der Waals surface area contributed by atoms with Crippen molar-refractivity contribution in [1.82, 2.24) is 0 Å². The summed E-state index contributed by atoms with van der Waals surface area (Å²) in [5.41, 5.74) is 1.95. The standard InChI is InChI=1S/C16H20N2O2/c1-11(19)17-12-4-2-5-13(8-12)18-14-6-3-7-15(18)10-16(20)9-14/h2,4-5,8,14-15H,3,6-7,9-10H2,1H3,(H,17,19). The van der Waals surface area contributed by atoms with E-state index in [0.717, 1.165) is 24.2 Å². The van der Waals surface area contributed by atoms with Gasteiger partial charge in [-0.25, -0.2) is 0 Å². The van der Waals surface area contributed by atoms with Crippen LogP contribution in [0.1, 0.15) is 39.0 Å². The minimum absolute atomic E-state index is 0.0591. The van der Waals surface area contributed by atoms with Gasteiger partial charge in [-0.2, -0.15) is 0 Å². The fourth-order valence-corrected chi connectivity index (χ4v) is 3.54.